The highest BCUT2D eigenvalue weighted by molar-refractivity contribution is 5.77. The molecule has 0 aliphatic carbocycles. The summed E-state index contributed by atoms with van der Waals surface area (Å²) in [6.07, 6.45) is 0. The van der Waals surface area contributed by atoms with Crippen molar-refractivity contribution in [1.82, 2.24) is 10.1 Å². The maximum absolute atomic E-state index is 11.2. The Kier molecular flexibility index (Phi) is 4.14. The maximum Gasteiger partial charge on any atom is 0.323 e. The van der Waals surface area contributed by atoms with E-state index in [1.165, 1.54) is 5.56 Å². The molecular formula is C16H20N2O3. The van der Waals surface area contributed by atoms with E-state index in [1.807, 2.05) is 37.3 Å². The maximum atomic E-state index is 11.2. The Morgan fingerprint density at radius 3 is 2.52 bits per heavy atom. The first-order chi connectivity index (χ1) is 9.80. The molecule has 0 bridgehead atoms. The van der Waals surface area contributed by atoms with Gasteiger partial charge in [0, 0.05) is 11.6 Å². The highest BCUT2D eigenvalue weighted by Crippen LogP contribution is 2.22. The summed E-state index contributed by atoms with van der Waals surface area (Å²) in [4.78, 5) is 12.9. The summed E-state index contributed by atoms with van der Waals surface area (Å²) in [6.45, 7) is 5.73. The van der Waals surface area contributed by atoms with Crippen LogP contribution in [0.1, 0.15) is 25.2 Å². The Morgan fingerprint density at radius 2 is 1.95 bits per heavy atom. The molecule has 0 amide bonds. The first-order valence-corrected chi connectivity index (χ1v) is 6.78. The molecule has 1 aromatic carbocycles. The number of carbonyl (C=O) groups is 1. The second kappa shape index (κ2) is 5.69. The molecule has 0 saturated carbocycles. The van der Waals surface area contributed by atoms with Crippen LogP contribution < -0.4 is 0 Å². The monoisotopic (exact) mass is 288 g/mol. The number of aliphatic carboxylic acids is 1. The number of hydrogen-bond acceptors (Lipinski definition) is 4. The lowest BCUT2D eigenvalue weighted by molar-refractivity contribution is -0.148. The number of carboxylic acids is 1. The Bertz CT molecular complexity index is 629. The van der Waals surface area contributed by atoms with Gasteiger partial charge in [-0.25, -0.2) is 0 Å². The van der Waals surface area contributed by atoms with Gasteiger partial charge in [0.2, 0.25) is 0 Å². The molecule has 5 heteroatoms. The summed E-state index contributed by atoms with van der Waals surface area (Å²) in [5.74, 6) is -0.231. The second-order valence-corrected chi connectivity index (χ2v) is 5.76. The Labute approximate surface area is 124 Å². The quantitative estimate of drug-likeness (QED) is 0.916. The van der Waals surface area contributed by atoms with Crippen LogP contribution >= 0.6 is 0 Å². The van der Waals surface area contributed by atoms with Gasteiger partial charge in [0.1, 0.15) is 11.2 Å². The Balaban J connectivity index is 2.14. The zero-order chi connectivity index (χ0) is 15.6. The zero-order valence-electron chi connectivity index (χ0n) is 12.8. The minimum absolute atomic E-state index is 0.387. The first kappa shape index (κ1) is 15.3. The number of aryl methyl sites for hydroxylation is 1. The van der Waals surface area contributed by atoms with Gasteiger partial charge in [0.05, 0.1) is 6.54 Å². The SMILES string of the molecule is Cc1ccc(-c2cc(CN(C)C(C)(C)C(=O)O)on2)cc1. The average Bonchev–Trinajstić information content (AvgIpc) is 2.87. The van der Waals surface area contributed by atoms with Crippen molar-refractivity contribution in [3.05, 3.63) is 41.7 Å². The van der Waals surface area contributed by atoms with Crippen LogP contribution in [0.4, 0.5) is 0 Å². The summed E-state index contributed by atoms with van der Waals surface area (Å²) in [6, 6.07) is 9.86. The van der Waals surface area contributed by atoms with E-state index in [1.54, 1.807) is 25.8 Å². The van der Waals surface area contributed by atoms with Gasteiger partial charge >= 0.3 is 5.97 Å². The predicted octanol–water partition coefficient (Wildman–Crippen LogP) is 2.95. The largest absolute Gasteiger partial charge is 0.480 e. The molecule has 1 aromatic heterocycles. The summed E-state index contributed by atoms with van der Waals surface area (Å²) < 4.78 is 5.31. The van der Waals surface area contributed by atoms with Crippen molar-refractivity contribution < 1.29 is 14.4 Å². The van der Waals surface area contributed by atoms with Gasteiger partial charge in [-0.2, -0.15) is 0 Å². The van der Waals surface area contributed by atoms with Crippen LogP contribution in [0.25, 0.3) is 11.3 Å². The van der Waals surface area contributed by atoms with Crippen LogP contribution in [-0.2, 0) is 11.3 Å². The molecule has 0 atom stereocenters. The van der Waals surface area contributed by atoms with E-state index in [0.717, 1.165) is 11.3 Å². The molecule has 1 heterocycles. The lowest BCUT2D eigenvalue weighted by Gasteiger charge is -2.30. The van der Waals surface area contributed by atoms with Crippen molar-refractivity contribution in [3.63, 3.8) is 0 Å². The van der Waals surface area contributed by atoms with E-state index >= 15 is 0 Å². The van der Waals surface area contributed by atoms with Crippen molar-refractivity contribution >= 4 is 5.97 Å². The molecule has 21 heavy (non-hydrogen) atoms. The molecule has 0 unspecified atom stereocenters. The number of aromatic nitrogens is 1. The van der Waals surface area contributed by atoms with Crippen molar-refractivity contribution in [2.24, 2.45) is 0 Å². The number of benzene rings is 1. The highest BCUT2D eigenvalue weighted by atomic mass is 16.5. The summed E-state index contributed by atoms with van der Waals surface area (Å²) in [5.41, 5.74) is 1.96. The van der Waals surface area contributed by atoms with E-state index < -0.39 is 11.5 Å². The molecule has 0 fully saturated rings. The van der Waals surface area contributed by atoms with Crippen molar-refractivity contribution in [1.29, 1.82) is 0 Å². The van der Waals surface area contributed by atoms with Gasteiger partial charge in [-0.05, 0) is 27.8 Å². The van der Waals surface area contributed by atoms with Gasteiger partial charge in [-0.15, -0.1) is 0 Å². The van der Waals surface area contributed by atoms with E-state index in [4.69, 9.17) is 4.52 Å². The van der Waals surface area contributed by atoms with Gasteiger partial charge < -0.3 is 9.63 Å². The normalized spacial score (nSPS) is 11.9. The molecular weight excluding hydrogens is 268 g/mol. The molecule has 0 radical (unpaired) electrons. The van der Waals surface area contributed by atoms with Crippen molar-refractivity contribution in [3.8, 4) is 11.3 Å². The molecule has 0 aliphatic rings. The summed E-state index contributed by atoms with van der Waals surface area (Å²) in [5, 5.41) is 13.3. The number of hydrogen-bond donors (Lipinski definition) is 1. The van der Waals surface area contributed by atoms with Gasteiger partial charge in [-0.3, -0.25) is 9.69 Å². The van der Waals surface area contributed by atoms with Gasteiger partial charge in [0.25, 0.3) is 0 Å². The molecule has 0 spiro atoms. The van der Waals surface area contributed by atoms with E-state index in [0.29, 0.717) is 12.3 Å². The lowest BCUT2D eigenvalue weighted by Crippen LogP contribution is -2.47. The van der Waals surface area contributed by atoms with Crippen LogP contribution in [0.3, 0.4) is 0 Å². The molecule has 112 valence electrons. The van der Waals surface area contributed by atoms with Crippen molar-refractivity contribution in [2.45, 2.75) is 32.9 Å². The average molecular weight is 288 g/mol. The number of nitrogens with zero attached hydrogens (tertiary/aromatic N) is 2. The number of rotatable bonds is 5. The fourth-order valence-corrected chi connectivity index (χ4v) is 1.84. The number of carboxylic acid groups (broad SMARTS) is 1. The summed E-state index contributed by atoms with van der Waals surface area (Å²) in [7, 11) is 1.75. The third-order valence-corrected chi connectivity index (χ3v) is 3.78. The standard InChI is InChI=1S/C16H20N2O3/c1-11-5-7-12(8-6-11)14-9-13(21-17-14)10-18(4)16(2,3)15(19)20/h5-9H,10H2,1-4H3,(H,19,20). The molecule has 2 aromatic rings. The van der Waals surface area contributed by atoms with E-state index in [9.17, 15) is 9.90 Å². The predicted molar refractivity (Wildman–Crippen MR) is 79.9 cm³/mol. The van der Waals surface area contributed by atoms with Crippen LogP contribution in [-0.4, -0.2) is 33.7 Å². The minimum Gasteiger partial charge on any atom is -0.480 e. The third kappa shape index (κ3) is 3.31. The third-order valence-electron chi connectivity index (χ3n) is 3.78. The van der Waals surface area contributed by atoms with Crippen LogP contribution in [0.15, 0.2) is 34.9 Å². The van der Waals surface area contributed by atoms with Crippen LogP contribution in [0.2, 0.25) is 0 Å². The smallest absolute Gasteiger partial charge is 0.323 e. The Hall–Kier alpha value is -2.14. The molecule has 0 aliphatic heterocycles. The van der Waals surface area contributed by atoms with E-state index in [-0.39, 0.29) is 0 Å². The van der Waals surface area contributed by atoms with Crippen LogP contribution in [0.5, 0.6) is 0 Å². The van der Waals surface area contributed by atoms with Crippen LogP contribution in [0, 0.1) is 6.92 Å². The minimum atomic E-state index is -0.961. The van der Waals surface area contributed by atoms with Gasteiger partial charge in [0.15, 0.2) is 5.76 Å². The molecule has 1 N–H and O–H groups in total. The van der Waals surface area contributed by atoms with E-state index in [2.05, 4.69) is 5.16 Å². The lowest BCUT2D eigenvalue weighted by atomic mass is 10.0. The van der Waals surface area contributed by atoms with Gasteiger partial charge in [-0.1, -0.05) is 35.0 Å². The number of likely N-dealkylation sites (N-methyl/N-ethyl adjacent to an activating group) is 1. The first-order valence-electron chi connectivity index (χ1n) is 6.78. The highest BCUT2D eigenvalue weighted by Gasteiger charge is 2.32. The zero-order valence-corrected chi connectivity index (χ0v) is 12.8. The Morgan fingerprint density at radius 1 is 1.33 bits per heavy atom. The topological polar surface area (TPSA) is 66.6 Å². The second-order valence-electron chi connectivity index (χ2n) is 5.76. The molecule has 0 saturated heterocycles. The fraction of sp³-hybridized carbons (Fsp3) is 0.375. The molecule has 2 rings (SSSR count). The summed E-state index contributed by atoms with van der Waals surface area (Å²) >= 11 is 0. The fourth-order valence-electron chi connectivity index (χ4n) is 1.84. The molecule has 5 nitrogen and oxygen atoms in total. The van der Waals surface area contributed by atoms with Crippen molar-refractivity contribution in [2.75, 3.05) is 7.05 Å².